The van der Waals surface area contributed by atoms with Gasteiger partial charge in [-0.2, -0.15) is 0 Å². The monoisotopic (exact) mass is 297 g/mol. The quantitative estimate of drug-likeness (QED) is 0.878. The Morgan fingerprint density at radius 1 is 1.35 bits per heavy atom. The van der Waals surface area contributed by atoms with Crippen molar-refractivity contribution in [3.63, 3.8) is 0 Å². The molecule has 1 heterocycles. The van der Waals surface area contributed by atoms with Gasteiger partial charge >= 0.3 is 0 Å². The van der Waals surface area contributed by atoms with Gasteiger partial charge in [-0.3, -0.25) is 10.1 Å². The summed E-state index contributed by atoms with van der Waals surface area (Å²) in [6, 6.07) is -0.0780. The second-order valence-corrected chi connectivity index (χ2v) is 7.25. The molecule has 0 radical (unpaired) electrons. The zero-order valence-corrected chi connectivity index (χ0v) is 14.4. The van der Waals surface area contributed by atoms with E-state index in [0.29, 0.717) is 6.54 Å². The Bertz CT molecular complexity index is 462. The van der Waals surface area contributed by atoms with Crippen LogP contribution < -0.4 is 10.6 Å². The van der Waals surface area contributed by atoms with E-state index < -0.39 is 0 Å². The van der Waals surface area contributed by atoms with Crippen LogP contribution in [0.3, 0.4) is 0 Å². The minimum Gasteiger partial charge on any atom is -0.355 e. The lowest BCUT2D eigenvalue weighted by Gasteiger charge is -2.19. The highest BCUT2D eigenvalue weighted by atomic mass is 32.1. The van der Waals surface area contributed by atoms with Crippen molar-refractivity contribution >= 4 is 17.2 Å². The number of thiazole rings is 1. The number of carbonyl (C=O) groups is 1. The Kier molecular flexibility index (Phi) is 5.71. The number of aromatic nitrogens is 1. The number of hydrogen-bond donors (Lipinski definition) is 2. The highest BCUT2D eigenvalue weighted by Crippen LogP contribution is 2.32. The molecular weight excluding hydrogens is 270 g/mol. The second kappa shape index (κ2) is 6.68. The number of hydrogen-bond acceptors (Lipinski definition) is 4. The summed E-state index contributed by atoms with van der Waals surface area (Å²) >= 11 is 1.74. The van der Waals surface area contributed by atoms with Crippen molar-refractivity contribution in [1.82, 2.24) is 15.6 Å². The van der Waals surface area contributed by atoms with Gasteiger partial charge in [0.1, 0.15) is 0 Å². The molecule has 2 atom stereocenters. The molecule has 0 saturated heterocycles. The molecule has 0 aromatic carbocycles. The van der Waals surface area contributed by atoms with Crippen LogP contribution in [0.5, 0.6) is 0 Å². The van der Waals surface area contributed by atoms with Crippen LogP contribution in [0.2, 0.25) is 0 Å². The zero-order chi connectivity index (χ0) is 15.5. The summed E-state index contributed by atoms with van der Waals surface area (Å²) in [5.74, 6) is 0.0394. The van der Waals surface area contributed by atoms with Crippen LogP contribution in [-0.2, 0) is 10.2 Å². The summed E-state index contributed by atoms with van der Waals surface area (Å²) in [5.41, 5.74) is 1.13. The average molecular weight is 297 g/mol. The number of carbonyl (C=O) groups excluding carboxylic acids is 1. The fourth-order valence-corrected chi connectivity index (χ4v) is 3.12. The SMILES string of the molecule is CCNC(=O)C(C)NC(C)c1sc(C(C)(C)C)nc1C. The summed E-state index contributed by atoms with van der Waals surface area (Å²) in [6.45, 7) is 15.1. The molecule has 0 saturated carbocycles. The van der Waals surface area contributed by atoms with Gasteiger partial charge in [0.2, 0.25) is 5.91 Å². The van der Waals surface area contributed by atoms with E-state index in [2.05, 4.69) is 43.3 Å². The van der Waals surface area contributed by atoms with Crippen LogP contribution >= 0.6 is 11.3 Å². The largest absolute Gasteiger partial charge is 0.355 e. The topological polar surface area (TPSA) is 54.0 Å². The average Bonchev–Trinajstić information content (AvgIpc) is 2.71. The van der Waals surface area contributed by atoms with Gasteiger partial charge in [0.25, 0.3) is 0 Å². The van der Waals surface area contributed by atoms with Gasteiger partial charge < -0.3 is 5.32 Å². The first kappa shape index (κ1) is 17.1. The molecular formula is C15H27N3OS. The van der Waals surface area contributed by atoms with Crippen molar-refractivity contribution in [2.75, 3.05) is 6.54 Å². The molecule has 2 unspecified atom stereocenters. The molecule has 0 aliphatic carbocycles. The molecule has 114 valence electrons. The maximum Gasteiger partial charge on any atom is 0.236 e. The minimum absolute atomic E-state index is 0.0394. The van der Waals surface area contributed by atoms with Gasteiger partial charge in [0.15, 0.2) is 0 Å². The molecule has 1 rings (SSSR count). The van der Waals surface area contributed by atoms with Crippen LogP contribution in [0.4, 0.5) is 0 Å². The predicted molar refractivity (Wildman–Crippen MR) is 85.2 cm³/mol. The summed E-state index contributed by atoms with van der Waals surface area (Å²) in [5, 5.41) is 7.32. The maximum absolute atomic E-state index is 11.8. The highest BCUT2D eigenvalue weighted by Gasteiger charge is 2.24. The number of nitrogens with one attached hydrogen (secondary N) is 2. The molecule has 20 heavy (non-hydrogen) atoms. The van der Waals surface area contributed by atoms with Crippen molar-refractivity contribution in [3.05, 3.63) is 15.6 Å². The predicted octanol–water partition coefficient (Wildman–Crippen LogP) is 2.92. The number of amides is 1. The van der Waals surface area contributed by atoms with Gasteiger partial charge in [-0.15, -0.1) is 11.3 Å². The Hall–Kier alpha value is -0.940. The van der Waals surface area contributed by atoms with E-state index in [1.54, 1.807) is 11.3 Å². The van der Waals surface area contributed by atoms with Crippen molar-refractivity contribution < 1.29 is 4.79 Å². The molecule has 1 aromatic rings. The van der Waals surface area contributed by atoms with Crippen LogP contribution in [0.25, 0.3) is 0 Å². The molecule has 0 fully saturated rings. The molecule has 1 amide bonds. The molecule has 1 aromatic heterocycles. The molecule has 0 spiro atoms. The smallest absolute Gasteiger partial charge is 0.236 e. The number of nitrogens with zero attached hydrogens (tertiary/aromatic N) is 1. The lowest BCUT2D eigenvalue weighted by molar-refractivity contribution is -0.122. The number of rotatable bonds is 5. The van der Waals surface area contributed by atoms with Crippen LogP contribution in [0.1, 0.15) is 63.2 Å². The first-order valence-electron chi connectivity index (χ1n) is 7.18. The second-order valence-electron chi connectivity index (χ2n) is 6.22. The molecule has 2 N–H and O–H groups in total. The Balaban J connectivity index is 2.80. The van der Waals surface area contributed by atoms with Gasteiger partial charge in [-0.25, -0.2) is 4.98 Å². The van der Waals surface area contributed by atoms with E-state index in [0.717, 1.165) is 10.7 Å². The Morgan fingerprint density at radius 3 is 2.40 bits per heavy atom. The van der Waals surface area contributed by atoms with E-state index in [1.807, 2.05) is 20.8 Å². The zero-order valence-electron chi connectivity index (χ0n) is 13.6. The third-order valence-corrected chi connectivity index (χ3v) is 4.88. The summed E-state index contributed by atoms with van der Waals surface area (Å²) in [4.78, 5) is 17.7. The van der Waals surface area contributed by atoms with Gasteiger partial charge in [-0.05, 0) is 27.7 Å². The Morgan fingerprint density at radius 2 is 1.95 bits per heavy atom. The van der Waals surface area contributed by atoms with Gasteiger partial charge in [0.05, 0.1) is 16.7 Å². The Labute approximate surface area is 126 Å². The maximum atomic E-state index is 11.8. The van der Waals surface area contributed by atoms with Gasteiger partial charge in [-0.1, -0.05) is 20.8 Å². The van der Waals surface area contributed by atoms with Crippen molar-refractivity contribution in [1.29, 1.82) is 0 Å². The molecule has 5 heteroatoms. The summed E-state index contributed by atoms with van der Waals surface area (Å²) in [6.07, 6.45) is 0. The lowest BCUT2D eigenvalue weighted by Crippen LogP contribution is -2.42. The van der Waals surface area contributed by atoms with Crippen LogP contribution in [-0.4, -0.2) is 23.5 Å². The fraction of sp³-hybridized carbons (Fsp3) is 0.733. The standard InChI is InChI=1S/C15H27N3OS/c1-8-16-13(19)11(4)17-9(2)12-10(3)18-14(20-12)15(5,6)7/h9,11,17H,8H2,1-7H3,(H,16,19). The van der Waals surface area contributed by atoms with Crippen molar-refractivity contribution in [3.8, 4) is 0 Å². The van der Waals surface area contributed by atoms with Crippen LogP contribution in [0.15, 0.2) is 0 Å². The number of aryl methyl sites for hydroxylation is 1. The first-order chi connectivity index (χ1) is 9.16. The summed E-state index contributed by atoms with van der Waals surface area (Å²) in [7, 11) is 0. The molecule has 0 aliphatic heterocycles. The normalized spacial score (nSPS) is 14.9. The van der Waals surface area contributed by atoms with Gasteiger partial charge in [0, 0.05) is 22.9 Å². The minimum atomic E-state index is -0.204. The molecule has 4 nitrogen and oxygen atoms in total. The van der Waals surface area contributed by atoms with E-state index in [1.165, 1.54) is 4.88 Å². The molecule has 0 bridgehead atoms. The van der Waals surface area contributed by atoms with E-state index in [4.69, 9.17) is 0 Å². The number of likely N-dealkylation sites (N-methyl/N-ethyl adjacent to an activating group) is 1. The van der Waals surface area contributed by atoms with Crippen molar-refractivity contribution in [2.45, 2.75) is 66.0 Å². The van der Waals surface area contributed by atoms with Crippen LogP contribution in [0, 0.1) is 6.92 Å². The fourth-order valence-electron chi connectivity index (χ4n) is 1.98. The van der Waals surface area contributed by atoms with Crippen molar-refractivity contribution in [2.24, 2.45) is 0 Å². The van der Waals surface area contributed by atoms with E-state index in [9.17, 15) is 4.79 Å². The summed E-state index contributed by atoms with van der Waals surface area (Å²) < 4.78 is 0. The third-order valence-electron chi connectivity index (χ3n) is 3.11. The van der Waals surface area contributed by atoms with E-state index >= 15 is 0 Å². The highest BCUT2D eigenvalue weighted by molar-refractivity contribution is 7.12. The van der Waals surface area contributed by atoms with E-state index in [-0.39, 0.29) is 23.4 Å². The third kappa shape index (κ3) is 4.28. The first-order valence-corrected chi connectivity index (χ1v) is 8.00. The lowest BCUT2D eigenvalue weighted by atomic mass is 9.98. The molecule has 0 aliphatic rings.